The lowest BCUT2D eigenvalue weighted by molar-refractivity contribution is 0.118. The van der Waals surface area contributed by atoms with Crippen molar-refractivity contribution in [1.29, 1.82) is 0 Å². The second-order valence-corrected chi connectivity index (χ2v) is 5.28. The van der Waals surface area contributed by atoms with Gasteiger partial charge >= 0.3 is 0 Å². The molecule has 0 heterocycles. The summed E-state index contributed by atoms with van der Waals surface area (Å²) in [5.74, 6) is 1.72. The van der Waals surface area contributed by atoms with Gasteiger partial charge in [0.05, 0.1) is 0 Å². The number of hydrogen-bond acceptors (Lipinski definition) is 0. The van der Waals surface area contributed by atoms with Gasteiger partial charge in [0.1, 0.15) is 0 Å². The molecule has 0 aromatic heterocycles. The van der Waals surface area contributed by atoms with Crippen LogP contribution in [0.15, 0.2) is 12.2 Å². The van der Waals surface area contributed by atoms with Gasteiger partial charge in [-0.3, -0.25) is 0 Å². The lowest BCUT2D eigenvalue weighted by Gasteiger charge is -2.47. The average Bonchev–Trinajstić information content (AvgIpc) is 1.99. The molecule has 0 spiro atoms. The van der Waals surface area contributed by atoms with E-state index in [1.165, 1.54) is 32.1 Å². The van der Waals surface area contributed by atoms with Crippen molar-refractivity contribution in [2.45, 2.75) is 46.0 Å². The molecule has 0 aromatic rings. The molecule has 68 valence electrons. The molecule has 2 atom stereocenters. The largest absolute Gasteiger partial charge is 0.0993 e. The maximum atomic E-state index is 4.29. The third kappa shape index (κ3) is 1.12. The molecular weight excluding hydrogens is 144 g/mol. The quantitative estimate of drug-likeness (QED) is 0.478. The van der Waals surface area contributed by atoms with Gasteiger partial charge in [-0.25, -0.2) is 0 Å². The first-order valence-electron chi connectivity index (χ1n) is 5.30. The molecule has 2 saturated carbocycles. The molecule has 0 nitrogen and oxygen atoms in total. The standard InChI is InChI=1S/C12H20/c1-9-10-5-4-6-11(9)12(2,3)8-7-10/h10-11H,1,4-8H2,2-3H3. The van der Waals surface area contributed by atoms with E-state index in [0.717, 1.165) is 11.8 Å². The van der Waals surface area contributed by atoms with E-state index in [4.69, 9.17) is 0 Å². The molecule has 0 N–H and O–H groups in total. The van der Waals surface area contributed by atoms with Crippen LogP contribution in [-0.4, -0.2) is 0 Å². The molecular formula is C12H20. The van der Waals surface area contributed by atoms with Gasteiger partial charge in [0.2, 0.25) is 0 Å². The maximum Gasteiger partial charge on any atom is -0.0152 e. The van der Waals surface area contributed by atoms with Gasteiger partial charge in [-0.15, -0.1) is 0 Å². The number of allylic oxidation sites excluding steroid dienone is 1. The van der Waals surface area contributed by atoms with E-state index >= 15 is 0 Å². The summed E-state index contributed by atoms with van der Waals surface area (Å²) in [7, 11) is 0. The molecule has 0 heteroatoms. The predicted octanol–water partition coefficient (Wildman–Crippen LogP) is 3.78. The van der Waals surface area contributed by atoms with Crippen LogP contribution >= 0.6 is 0 Å². The Morgan fingerprint density at radius 2 is 2.00 bits per heavy atom. The molecule has 12 heavy (non-hydrogen) atoms. The summed E-state index contributed by atoms with van der Waals surface area (Å²) in [4.78, 5) is 0. The molecule has 2 aliphatic rings. The van der Waals surface area contributed by atoms with Crippen LogP contribution < -0.4 is 0 Å². The third-order valence-corrected chi connectivity index (χ3v) is 4.10. The smallest absolute Gasteiger partial charge is 0.0152 e. The first-order chi connectivity index (χ1) is 5.61. The van der Waals surface area contributed by atoms with Gasteiger partial charge in [0, 0.05) is 0 Å². The zero-order valence-corrected chi connectivity index (χ0v) is 8.40. The lowest BCUT2D eigenvalue weighted by Crippen LogP contribution is -2.36. The van der Waals surface area contributed by atoms with Gasteiger partial charge in [-0.2, -0.15) is 0 Å². The Bertz CT molecular complexity index is 200. The summed E-state index contributed by atoms with van der Waals surface area (Å²) >= 11 is 0. The van der Waals surface area contributed by atoms with Gasteiger partial charge in [0.25, 0.3) is 0 Å². The monoisotopic (exact) mass is 164 g/mol. The van der Waals surface area contributed by atoms with Crippen molar-refractivity contribution in [3.05, 3.63) is 12.2 Å². The van der Waals surface area contributed by atoms with E-state index in [-0.39, 0.29) is 0 Å². The van der Waals surface area contributed by atoms with Crippen LogP contribution in [0.2, 0.25) is 0 Å². The highest BCUT2D eigenvalue weighted by atomic mass is 14.5. The zero-order valence-electron chi connectivity index (χ0n) is 8.40. The summed E-state index contributed by atoms with van der Waals surface area (Å²) in [5, 5.41) is 0. The molecule has 2 fully saturated rings. The van der Waals surface area contributed by atoms with Crippen LogP contribution in [0, 0.1) is 17.3 Å². The molecule has 0 aliphatic heterocycles. The third-order valence-electron chi connectivity index (χ3n) is 4.10. The minimum atomic E-state index is 0.550. The fraction of sp³-hybridized carbons (Fsp3) is 0.833. The first kappa shape index (κ1) is 8.34. The van der Waals surface area contributed by atoms with E-state index in [9.17, 15) is 0 Å². The van der Waals surface area contributed by atoms with Crippen molar-refractivity contribution in [2.75, 3.05) is 0 Å². The Morgan fingerprint density at radius 3 is 2.67 bits per heavy atom. The van der Waals surface area contributed by atoms with Crippen LogP contribution in [0.4, 0.5) is 0 Å². The number of fused-ring (bicyclic) bond motifs is 2. The van der Waals surface area contributed by atoms with Gasteiger partial charge in [-0.1, -0.05) is 32.4 Å². The van der Waals surface area contributed by atoms with Crippen LogP contribution in [0.1, 0.15) is 46.0 Å². The fourth-order valence-electron chi connectivity index (χ4n) is 3.17. The molecule has 2 aliphatic carbocycles. The highest BCUT2D eigenvalue weighted by Crippen LogP contribution is 2.52. The molecule has 2 unspecified atom stereocenters. The SMILES string of the molecule is C=C1C2CCCC1C(C)(C)CC2. The summed E-state index contributed by atoms with van der Waals surface area (Å²) in [5.41, 5.74) is 2.13. The number of rotatable bonds is 0. The van der Waals surface area contributed by atoms with E-state index in [1.54, 1.807) is 5.57 Å². The molecule has 2 rings (SSSR count). The van der Waals surface area contributed by atoms with Gasteiger partial charge in [-0.05, 0) is 42.9 Å². The van der Waals surface area contributed by atoms with Crippen molar-refractivity contribution in [2.24, 2.45) is 17.3 Å². The molecule has 0 saturated heterocycles. The van der Waals surface area contributed by atoms with Crippen molar-refractivity contribution in [3.63, 3.8) is 0 Å². The molecule has 0 aromatic carbocycles. The van der Waals surface area contributed by atoms with Crippen LogP contribution in [-0.2, 0) is 0 Å². The molecule has 2 bridgehead atoms. The Kier molecular flexibility index (Phi) is 1.82. The van der Waals surface area contributed by atoms with E-state index in [0.29, 0.717) is 5.41 Å². The van der Waals surface area contributed by atoms with Crippen molar-refractivity contribution in [1.82, 2.24) is 0 Å². The maximum absolute atomic E-state index is 4.29. The first-order valence-corrected chi connectivity index (χ1v) is 5.30. The summed E-state index contributed by atoms with van der Waals surface area (Å²) < 4.78 is 0. The summed E-state index contributed by atoms with van der Waals surface area (Å²) in [6.07, 6.45) is 7.09. The second kappa shape index (κ2) is 2.61. The normalized spacial score (nSPS) is 39.7. The summed E-state index contributed by atoms with van der Waals surface area (Å²) in [6, 6.07) is 0. The fourth-order valence-corrected chi connectivity index (χ4v) is 3.17. The second-order valence-electron chi connectivity index (χ2n) is 5.28. The van der Waals surface area contributed by atoms with E-state index in [2.05, 4.69) is 20.4 Å². The topological polar surface area (TPSA) is 0 Å². The average molecular weight is 164 g/mol. The summed E-state index contributed by atoms with van der Waals surface area (Å²) in [6.45, 7) is 9.14. The van der Waals surface area contributed by atoms with Crippen LogP contribution in [0.5, 0.6) is 0 Å². The number of hydrogen-bond donors (Lipinski definition) is 0. The molecule has 0 radical (unpaired) electrons. The highest BCUT2D eigenvalue weighted by Gasteiger charge is 2.40. The van der Waals surface area contributed by atoms with Gasteiger partial charge < -0.3 is 0 Å². The van der Waals surface area contributed by atoms with E-state index in [1.807, 2.05) is 0 Å². The minimum Gasteiger partial charge on any atom is -0.0993 e. The molecule has 0 amide bonds. The zero-order chi connectivity index (χ0) is 8.77. The van der Waals surface area contributed by atoms with Crippen molar-refractivity contribution >= 4 is 0 Å². The highest BCUT2D eigenvalue weighted by molar-refractivity contribution is 5.15. The Balaban J connectivity index is 2.23. The van der Waals surface area contributed by atoms with E-state index < -0.39 is 0 Å². The van der Waals surface area contributed by atoms with Crippen molar-refractivity contribution < 1.29 is 0 Å². The minimum absolute atomic E-state index is 0.550. The Labute approximate surface area is 76.1 Å². The van der Waals surface area contributed by atoms with Crippen LogP contribution in [0.25, 0.3) is 0 Å². The Hall–Kier alpha value is -0.260. The predicted molar refractivity (Wildman–Crippen MR) is 53.0 cm³/mol. The van der Waals surface area contributed by atoms with Crippen molar-refractivity contribution in [3.8, 4) is 0 Å². The van der Waals surface area contributed by atoms with Gasteiger partial charge in [0.15, 0.2) is 0 Å². The Morgan fingerprint density at radius 1 is 1.25 bits per heavy atom. The lowest BCUT2D eigenvalue weighted by atomic mass is 9.58. The van der Waals surface area contributed by atoms with Crippen LogP contribution in [0.3, 0.4) is 0 Å².